The topological polar surface area (TPSA) is 120 Å². The van der Waals surface area contributed by atoms with Gasteiger partial charge in [0.2, 0.25) is 0 Å². The predicted molar refractivity (Wildman–Crippen MR) is 108 cm³/mol. The van der Waals surface area contributed by atoms with Gasteiger partial charge in [-0.3, -0.25) is 10.1 Å². The maximum absolute atomic E-state index is 12.5. The number of nitro benzene ring substituents is 1. The van der Waals surface area contributed by atoms with Gasteiger partial charge in [0.25, 0.3) is 5.69 Å². The van der Waals surface area contributed by atoms with Crippen molar-refractivity contribution in [2.24, 2.45) is 0 Å². The van der Waals surface area contributed by atoms with E-state index in [-0.39, 0.29) is 39.3 Å². The number of ether oxygens (including phenoxy) is 1. The van der Waals surface area contributed by atoms with Gasteiger partial charge in [0.15, 0.2) is 5.75 Å². The van der Waals surface area contributed by atoms with Gasteiger partial charge in [-0.25, -0.2) is 0 Å². The Hall–Kier alpha value is -3.61. The van der Waals surface area contributed by atoms with Crippen molar-refractivity contribution in [3.05, 3.63) is 93.0 Å². The maximum atomic E-state index is 12.5. The summed E-state index contributed by atoms with van der Waals surface area (Å²) in [5.41, 5.74) is 0.590. The van der Waals surface area contributed by atoms with E-state index in [1.54, 1.807) is 12.1 Å². The summed E-state index contributed by atoms with van der Waals surface area (Å²) in [5.74, 6) is 0.204. The molecule has 8 nitrogen and oxygen atoms in total. The summed E-state index contributed by atoms with van der Waals surface area (Å²) in [6.45, 7) is 0.0655. The Morgan fingerprint density at radius 3 is 2.37 bits per heavy atom. The zero-order valence-electron chi connectivity index (χ0n) is 15.2. The fraction of sp³-hybridized carbons (Fsp3) is 0.0500. The molecule has 0 radical (unpaired) electrons. The lowest BCUT2D eigenvalue weighted by Crippen LogP contribution is -2.10. The predicted octanol–water partition coefficient (Wildman–Crippen LogP) is 4.47. The van der Waals surface area contributed by atoms with Crippen LogP contribution >= 0.6 is 11.6 Å². The summed E-state index contributed by atoms with van der Waals surface area (Å²) in [7, 11) is -4.13. The van der Waals surface area contributed by atoms with Crippen LogP contribution in [-0.4, -0.2) is 13.3 Å². The molecule has 30 heavy (non-hydrogen) atoms. The summed E-state index contributed by atoms with van der Waals surface area (Å²) >= 11 is 5.98. The molecule has 0 aliphatic heterocycles. The Labute approximate surface area is 177 Å². The second kappa shape index (κ2) is 8.82. The normalized spacial score (nSPS) is 10.8. The summed E-state index contributed by atoms with van der Waals surface area (Å²) in [6.07, 6.45) is 0. The van der Waals surface area contributed by atoms with Crippen LogP contribution in [0.4, 0.5) is 5.69 Å². The van der Waals surface area contributed by atoms with Crippen molar-refractivity contribution in [2.45, 2.75) is 11.5 Å². The standard InChI is InChI=1S/C20H13ClN2O6S/c21-18-11-16(23(24)25)7-10-20(18)28-13-14-5-8-17(9-6-14)30(26,27)29-19-4-2-1-3-15(19)12-22/h1-11H,13H2. The molecule has 0 aliphatic rings. The first-order chi connectivity index (χ1) is 14.3. The van der Waals surface area contributed by atoms with Crippen LogP contribution in [0.5, 0.6) is 11.5 Å². The first kappa shape index (κ1) is 21.1. The van der Waals surface area contributed by atoms with Crippen LogP contribution in [0.3, 0.4) is 0 Å². The largest absolute Gasteiger partial charge is 0.487 e. The van der Waals surface area contributed by atoms with Crippen molar-refractivity contribution < 1.29 is 22.3 Å². The minimum atomic E-state index is -4.13. The highest BCUT2D eigenvalue weighted by Gasteiger charge is 2.18. The van der Waals surface area contributed by atoms with Gasteiger partial charge in [-0.15, -0.1) is 0 Å². The minimum Gasteiger partial charge on any atom is -0.487 e. The van der Waals surface area contributed by atoms with Crippen LogP contribution in [0.2, 0.25) is 5.02 Å². The summed E-state index contributed by atoms with van der Waals surface area (Å²) in [5, 5.41) is 19.9. The van der Waals surface area contributed by atoms with Crippen LogP contribution in [0, 0.1) is 21.4 Å². The van der Waals surface area contributed by atoms with Crippen molar-refractivity contribution in [3.8, 4) is 17.6 Å². The molecule has 0 amide bonds. The Morgan fingerprint density at radius 2 is 1.73 bits per heavy atom. The van der Waals surface area contributed by atoms with E-state index in [0.717, 1.165) is 0 Å². The first-order valence-electron chi connectivity index (χ1n) is 8.39. The number of para-hydroxylation sites is 1. The monoisotopic (exact) mass is 444 g/mol. The number of hydrogen-bond donors (Lipinski definition) is 0. The van der Waals surface area contributed by atoms with E-state index in [2.05, 4.69) is 0 Å². The van der Waals surface area contributed by atoms with E-state index in [9.17, 15) is 18.5 Å². The smallest absolute Gasteiger partial charge is 0.339 e. The lowest BCUT2D eigenvalue weighted by atomic mass is 10.2. The van der Waals surface area contributed by atoms with E-state index in [1.165, 1.54) is 54.6 Å². The van der Waals surface area contributed by atoms with Gasteiger partial charge in [-0.05, 0) is 35.9 Å². The third kappa shape index (κ3) is 4.86. The molecule has 0 aliphatic carbocycles. The number of nitriles is 1. The molecule has 0 aromatic heterocycles. The van der Waals surface area contributed by atoms with E-state index in [0.29, 0.717) is 5.56 Å². The third-order valence-electron chi connectivity index (χ3n) is 3.94. The Balaban J connectivity index is 1.70. The van der Waals surface area contributed by atoms with Crippen molar-refractivity contribution in [1.82, 2.24) is 0 Å². The molecule has 3 rings (SSSR count). The van der Waals surface area contributed by atoms with Crippen molar-refractivity contribution in [3.63, 3.8) is 0 Å². The van der Waals surface area contributed by atoms with Crippen molar-refractivity contribution in [2.75, 3.05) is 0 Å². The zero-order valence-corrected chi connectivity index (χ0v) is 16.8. The van der Waals surface area contributed by atoms with E-state index in [1.807, 2.05) is 6.07 Å². The summed E-state index contributed by atoms with van der Waals surface area (Å²) in [6, 6.07) is 17.5. The van der Waals surface area contributed by atoms with Gasteiger partial charge in [0.05, 0.1) is 15.5 Å². The molecule has 0 saturated carbocycles. The van der Waals surface area contributed by atoms with E-state index < -0.39 is 15.0 Å². The molecular formula is C20H13ClN2O6S. The minimum absolute atomic E-state index is 0.0553. The second-order valence-electron chi connectivity index (χ2n) is 5.95. The number of non-ortho nitro benzene ring substituents is 1. The molecule has 0 saturated heterocycles. The molecule has 0 heterocycles. The van der Waals surface area contributed by atoms with Gasteiger partial charge in [-0.2, -0.15) is 13.7 Å². The van der Waals surface area contributed by atoms with Crippen LogP contribution in [0.25, 0.3) is 0 Å². The fourth-order valence-corrected chi connectivity index (χ4v) is 3.61. The Bertz CT molecular complexity index is 1240. The molecule has 152 valence electrons. The lowest BCUT2D eigenvalue weighted by Gasteiger charge is -2.10. The number of benzene rings is 3. The highest BCUT2D eigenvalue weighted by Crippen LogP contribution is 2.29. The molecule has 0 spiro atoms. The van der Waals surface area contributed by atoms with Gasteiger partial charge < -0.3 is 8.92 Å². The van der Waals surface area contributed by atoms with Gasteiger partial charge in [0.1, 0.15) is 23.3 Å². The summed E-state index contributed by atoms with van der Waals surface area (Å²) < 4.78 is 35.5. The first-order valence-corrected chi connectivity index (χ1v) is 10.2. The highest BCUT2D eigenvalue weighted by molar-refractivity contribution is 7.87. The van der Waals surface area contributed by atoms with Gasteiger partial charge in [-0.1, -0.05) is 35.9 Å². The molecule has 0 atom stereocenters. The quantitative estimate of drug-likeness (QED) is 0.299. The van der Waals surface area contributed by atoms with Crippen molar-refractivity contribution >= 4 is 27.4 Å². The molecule has 3 aromatic rings. The SMILES string of the molecule is N#Cc1ccccc1OS(=O)(=O)c1ccc(COc2ccc([N+](=O)[O-])cc2Cl)cc1. The van der Waals surface area contributed by atoms with Crippen LogP contribution in [-0.2, 0) is 16.7 Å². The molecule has 10 heteroatoms. The maximum Gasteiger partial charge on any atom is 0.339 e. The van der Waals surface area contributed by atoms with E-state index >= 15 is 0 Å². The molecule has 0 N–H and O–H groups in total. The summed E-state index contributed by atoms with van der Waals surface area (Å²) in [4.78, 5) is 10.1. The highest BCUT2D eigenvalue weighted by atomic mass is 35.5. The Kier molecular flexibility index (Phi) is 6.20. The van der Waals surface area contributed by atoms with Crippen LogP contribution in [0.1, 0.15) is 11.1 Å². The average Bonchev–Trinajstić information content (AvgIpc) is 2.73. The zero-order chi connectivity index (χ0) is 21.7. The number of rotatable bonds is 7. The second-order valence-corrected chi connectivity index (χ2v) is 7.90. The average molecular weight is 445 g/mol. The number of nitrogens with zero attached hydrogens (tertiary/aromatic N) is 2. The van der Waals surface area contributed by atoms with Crippen molar-refractivity contribution in [1.29, 1.82) is 5.26 Å². The number of halogens is 1. The third-order valence-corrected chi connectivity index (χ3v) is 5.48. The Morgan fingerprint density at radius 1 is 1.03 bits per heavy atom. The van der Waals surface area contributed by atoms with Gasteiger partial charge >= 0.3 is 10.1 Å². The van der Waals surface area contributed by atoms with E-state index in [4.69, 9.17) is 25.8 Å². The molecule has 0 bridgehead atoms. The molecule has 0 unspecified atom stereocenters. The molecule has 3 aromatic carbocycles. The number of hydrogen-bond acceptors (Lipinski definition) is 7. The molecule has 0 fully saturated rings. The molecular weight excluding hydrogens is 432 g/mol. The number of nitro groups is 1. The van der Waals surface area contributed by atoms with Crippen LogP contribution in [0.15, 0.2) is 71.6 Å². The van der Waals surface area contributed by atoms with Gasteiger partial charge in [0, 0.05) is 12.1 Å². The fourth-order valence-electron chi connectivity index (χ4n) is 2.43. The van der Waals surface area contributed by atoms with Crippen LogP contribution < -0.4 is 8.92 Å². The lowest BCUT2D eigenvalue weighted by molar-refractivity contribution is -0.384.